The molecule has 4 rings (SSSR count). The van der Waals surface area contributed by atoms with Gasteiger partial charge in [-0.2, -0.15) is 0 Å². The average molecular weight is 391 g/mol. The summed E-state index contributed by atoms with van der Waals surface area (Å²) in [6, 6.07) is 9.50. The highest BCUT2D eigenvalue weighted by atomic mass is 19.1. The minimum Gasteiger partial charge on any atom is -0.350 e. The predicted octanol–water partition coefficient (Wildman–Crippen LogP) is 4.09. The van der Waals surface area contributed by atoms with Crippen molar-refractivity contribution in [2.75, 3.05) is 6.54 Å². The van der Waals surface area contributed by atoms with E-state index in [1.54, 1.807) is 41.3 Å². The third-order valence-electron chi connectivity index (χ3n) is 5.03. The average Bonchev–Trinajstić information content (AvgIpc) is 3.21. The van der Waals surface area contributed by atoms with Crippen LogP contribution in [0.15, 0.2) is 60.4 Å². The van der Waals surface area contributed by atoms with Gasteiger partial charge in [0.2, 0.25) is 0 Å². The summed E-state index contributed by atoms with van der Waals surface area (Å²) in [5.74, 6) is -0.615. The summed E-state index contributed by atoms with van der Waals surface area (Å²) in [4.78, 5) is 16.9. The monoisotopic (exact) mass is 391 g/mol. The van der Waals surface area contributed by atoms with Crippen molar-refractivity contribution in [3.8, 4) is 16.9 Å². The van der Waals surface area contributed by atoms with Crippen LogP contribution < -0.4 is 5.32 Å². The van der Waals surface area contributed by atoms with Crippen molar-refractivity contribution < 1.29 is 9.18 Å². The van der Waals surface area contributed by atoms with Gasteiger partial charge in [0.1, 0.15) is 11.5 Å². The van der Waals surface area contributed by atoms with Gasteiger partial charge in [0.15, 0.2) is 5.69 Å². The van der Waals surface area contributed by atoms with Crippen molar-refractivity contribution in [1.29, 1.82) is 0 Å². The number of rotatable bonds is 6. The van der Waals surface area contributed by atoms with Crippen LogP contribution in [0.5, 0.6) is 0 Å². The second kappa shape index (κ2) is 8.77. The normalized spacial score (nSPS) is 13.8. The van der Waals surface area contributed by atoms with Crippen molar-refractivity contribution >= 4 is 5.91 Å². The molecule has 0 atom stereocenters. The maximum absolute atomic E-state index is 13.3. The molecule has 0 spiro atoms. The molecule has 148 valence electrons. The molecule has 0 fully saturated rings. The van der Waals surface area contributed by atoms with Crippen LogP contribution in [0.2, 0.25) is 0 Å². The smallest absolute Gasteiger partial charge is 0.274 e. The molecule has 29 heavy (non-hydrogen) atoms. The van der Waals surface area contributed by atoms with E-state index in [0.717, 1.165) is 24.8 Å². The summed E-state index contributed by atoms with van der Waals surface area (Å²) in [5, 5.41) is 11.3. The minimum absolute atomic E-state index is 0.234. The lowest BCUT2D eigenvalue weighted by Gasteiger charge is -2.13. The van der Waals surface area contributed by atoms with Crippen molar-refractivity contribution in [3.63, 3.8) is 0 Å². The first-order chi connectivity index (χ1) is 14.2. The van der Waals surface area contributed by atoms with Gasteiger partial charge in [-0.05, 0) is 68.5 Å². The van der Waals surface area contributed by atoms with Crippen LogP contribution in [0.25, 0.3) is 16.9 Å². The maximum Gasteiger partial charge on any atom is 0.274 e. The number of benzene rings is 1. The number of hydrogen-bond acceptors (Lipinski definition) is 4. The Morgan fingerprint density at radius 2 is 1.90 bits per heavy atom. The van der Waals surface area contributed by atoms with E-state index in [9.17, 15) is 9.18 Å². The summed E-state index contributed by atoms with van der Waals surface area (Å²) in [5.41, 5.74) is 3.57. The molecule has 0 bridgehead atoms. The van der Waals surface area contributed by atoms with Crippen molar-refractivity contribution in [2.45, 2.75) is 32.1 Å². The van der Waals surface area contributed by atoms with Gasteiger partial charge in [0.25, 0.3) is 5.91 Å². The van der Waals surface area contributed by atoms with Crippen LogP contribution in [-0.4, -0.2) is 32.4 Å². The molecule has 0 saturated carbocycles. The summed E-state index contributed by atoms with van der Waals surface area (Å²) in [7, 11) is 0. The van der Waals surface area contributed by atoms with Crippen LogP contribution >= 0.6 is 0 Å². The number of pyridine rings is 1. The Morgan fingerprint density at radius 3 is 2.62 bits per heavy atom. The van der Waals surface area contributed by atoms with E-state index in [-0.39, 0.29) is 17.4 Å². The number of aromatic nitrogens is 4. The molecule has 0 saturated heterocycles. The van der Waals surface area contributed by atoms with Crippen molar-refractivity contribution in [2.24, 2.45) is 0 Å². The van der Waals surface area contributed by atoms with Crippen molar-refractivity contribution in [3.05, 3.63) is 72.0 Å². The fourth-order valence-corrected chi connectivity index (χ4v) is 3.52. The Labute approximate surface area is 168 Å². The number of carbonyl (C=O) groups excluding carboxylic acids is 1. The number of carbonyl (C=O) groups is 1. The van der Waals surface area contributed by atoms with Crippen LogP contribution in [0, 0.1) is 5.82 Å². The third-order valence-corrected chi connectivity index (χ3v) is 5.03. The van der Waals surface area contributed by atoms with E-state index in [0.29, 0.717) is 17.9 Å². The lowest BCUT2D eigenvalue weighted by Crippen LogP contribution is -2.26. The SMILES string of the molecule is O=C(NCCC1=CCCCC1)c1nnn(-c2ccc(F)cc2)c1-c1ccncc1. The second-order valence-corrected chi connectivity index (χ2v) is 7.02. The fourth-order valence-electron chi connectivity index (χ4n) is 3.52. The first-order valence-corrected chi connectivity index (χ1v) is 9.80. The van der Waals surface area contributed by atoms with Crippen LogP contribution in [0.1, 0.15) is 42.6 Å². The molecule has 3 aromatic rings. The predicted molar refractivity (Wildman–Crippen MR) is 108 cm³/mol. The standard InChI is InChI=1S/C22H22FN5O/c23-18-6-8-19(9-7-18)28-21(17-11-13-24-14-12-17)20(26-27-28)22(29)25-15-10-16-4-2-1-3-5-16/h4,6-9,11-14H,1-3,5,10,15H2,(H,25,29). The van der Waals surface area contributed by atoms with E-state index in [1.807, 2.05) is 0 Å². The molecule has 0 radical (unpaired) electrons. The zero-order chi connectivity index (χ0) is 20.1. The largest absolute Gasteiger partial charge is 0.350 e. The van der Waals surface area contributed by atoms with Crippen LogP contribution in [-0.2, 0) is 0 Å². The zero-order valence-corrected chi connectivity index (χ0v) is 16.0. The van der Waals surface area contributed by atoms with E-state index >= 15 is 0 Å². The van der Waals surface area contributed by atoms with E-state index in [1.165, 1.54) is 30.5 Å². The molecule has 0 aliphatic heterocycles. The minimum atomic E-state index is -0.339. The summed E-state index contributed by atoms with van der Waals surface area (Å²) in [6.07, 6.45) is 11.1. The molecule has 1 aliphatic rings. The van der Waals surface area contributed by atoms with E-state index in [4.69, 9.17) is 0 Å². The number of nitrogens with one attached hydrogen (secondary N) is 1. The first-order valence-electron chi connectivity index (χ1n) is 9.80. The van der Waals surface area contributed by atoms with E-state index in [2.05, 4.69) is 26.7 Å². The highest BCUT2D eigenvalue weighted by Gasteiger charge is 2.22. The van der Waals surface area contributed by atoms with Gasteiger partial charge in [0, 0.05) is 24.5 Å². The molecular weight excluding hydrogens is 369 g/mol. The van der Waals surface area contributed by atoms with Crippen molar-refractivity contribution in [1.82, 2.24) is 25.3 Å². The molecule has 1 aromatic carbocycles. The molecule has 1 N–H and O–H groups in total. The van der Waals surface area contributed by atoms with Crippen LogP contribution in [0.4, 0.5) is 4.39 Å². The Bertz CT molecular complexity index is 1010. The van der Waals surface area contributed by atoms with Gasteiger partial charge in [-0.15, -0.1) is 5.10 Å². The summed E-state index contributed by atoms with van der Waals surface area (Å²) >= 11 is 0. The molecule has 1 amide bonds. The first kappa shape index (κ1) is 19.0. The lowest BCUT2D eigenvalue weighted by molar-refractivity contribution is 0.0949. The van der Waals surface area contributed by atoms with Gasteiger partial charge in [-0.3, -0.25) is 9.78 Å². The van der Waals surface area contributed by atoms with Gasteiger partial charge in [-0.25, -0.2) is 9.07 Å². The van der Waals surface area contributed by atoms with Gasteiger partial charge < -0.3 is 5.32 Å². The number of nitrogens with zero attached hydrogens (tertiary/aromatic N) is 4. The van der Waals surface area contributed by atoms with Gasteiger partial charge in [-0.1, -0.05) is 16.9 Å². The van der Waals surface area contributed by atoms with Gasteiger partial charge in [0.05, 0.1) is 5.69 Å². The molecule has 1 aliphatic carbocycles. The lowest BCUT2D eigenvalue weighted by atomic mass is 9.97. The Kier molecular flexibility index (Phi) is 5.74. The maximum atomic E-state index is 13.3. The zero-order valence-electron chi connectivity index (χ0n) is 16.0. The Hall–Kier alpha value is -3.35. The molecule has 2 aromatic heterocycles. The molecule has 6 nitrogen and oxygen atoms in total. The number of amides is 1. The fraction of sp³-hybridized carbons (Fsp3) is 0.273. The quantitative estimate of drug-likeness (QED) is 0.643. The molecule has 7 heteroatoms. The Balaban J connectivity index is 1.60. The topological polar surface area (TPSA) is 72.7 Å². The third kappa shape index (κ3) is 4.39. The van der Waals surface area contributed by atoms with Gasteiger partial charge >= 0.3 is 0 Å². The molecule has 0 unspecified atom stereocenters. The summed E-state index contributed by atoms with van der Waals surface area (Å²) in [6.45, 7) is 0.559. The highest BCUT2D eigenvalue weighted by molar-refractivity contribution is 5.98. The number of hydrogen-bond donors (Lipinski definition) is 1. The second-order valence-electron chi connectivity index (χ2n) is 7.02. The molecular formula is C22H22FN5O. The summed E-state index contributed by atoms with van der Waals surface area (Å²) < 4.78 is 14.9. The Morgan fingerprint density at radius 1 is 1.10 bits per heavy atom. The van der Waals surface area contributed by atoms with E-state index < -0.39 is 0 Å². The number of allylic oxidation sites excluding steroid dienone is 1. The van der Waals surface area contributed by atoms with Crippen LogP contribution in [0.3, 0.4) is 0 Å². The highest BCUT2D eigenvalue weighted by Crippen LogP contribution is 2.25. The number of halogens is 1. The molecule has 2 heterocycles.